The van der Waals surface area contributed by atoms with Crippen molar-refractivity contribution in [1.82, 2.24) is 15.1 Å². The molecule has 1 N–H and O–H groups in total. The average molecular weight is 361 g/mol. The summed E-state index contributed by atoms with van der Waals surface area (Å²) in [6.07, 6.45) is 2.30. The van der Waals surface area contributed by atoms with Crippen LogP contribution in [0, 0.1) is 6.92 Å². The Hall–Kier alpha value is -3.08. The Bertz CT molecular complexity index is 930. The predicted octanol–water partition coefficient (Wildman–Crippen LogP) is 3.87. The monoisotopic (exact) mass is 361 g/mol. The van der Waals surface area contributed by atoms with Gasteiger partial charge in [-0.05, 0) is 55.7 Å². The maximum absolute atomic E-state index is 12.7. The number of hydrogen-bond acceptors (Lipinski definition) is 3. The fraction of sp³-hybridized carbons (Fsp3) is 0.273. The molecule has 0 bridgehead atoms. The molecule has 2 aromatic carbocycles. The Balaban J connectivity index is 1.42. The van der Waals surface area contributed by atoms with Gasteiger partial charge < -0.3 is 10.1 Å². The number of amides is 1. The van der Waals surface area contributed by atoms with Crippen LogP contribution in [0.1, 0.15) is 40.5 Å². The number of nitrogens with zero attached hydrogens (tertiary/aromatic N) is 2. The molecule has 138 valence electrons. The van der Waals surface area contributed by atoms with Crippen molar-refractivity contribution < 1.29 is 9.53 Å². The number of rotatable bonds is 7. The highest BCUT2D eigenvalue weighted by atomic mass is 16.5. The number of carbonyl (C=O) groups excluding carboxylic acids is 1. The number of benzene rings is 2. The Labute approximate surface area is 159 Å². The van der Waals surface area contributed by atoms with Crippen molar-refractivity contribution in [3.63, 3.8) is 0 Å². The summed E-state index contributed by atoms with van der Waals surface area (Å²) in [4.78, 5) is 12.7. The van der Waals surface area contributed by atoms with E-state index in [1.54, 1.807) is 4.68 Å². The van der Waals surface area contributed by atoms with E-state index in [1.807, 2.05) is 67.6 Å². The lowest BCUT2D eigenvalue weighted by Crippen LogP contribution is -2.29. The first-order valence-corrected chi connectivity index (χ1v) is 9.34. The molecule has 1 amide bonds. The van der Waals surface area contributed by atoms with Crippen molar-refractivity contribution >= 4 is 5.91 Å². The Morgan fingerprint density at radius 2 is 1.96 bits per heavy atom. The molecule has 5 heteroatoms. The molecule has 1 heterocycles. The standard InChI is InChI=1S/C22H23N3O2/c1-16-6-5-9-19(14-16)27-13-12-23-22(26)21-15-20(17-10-11-17)24-25(21)18-7-3-2-4-8-18/h2-9,14-15,17H,10-13H2,1H3,(H,23,26). The van der Waals surface area contributed by atoms with Gasteiger partial charge in [-0.2, -0.15) is 5.10 Å². The van der Waals surface area contributed by atoms with Gasteiger partial charge in [-0.3, -0.25) is 4.79 Å². The van der Waals surface area contributed by atoms with Crippen molar-refractivity contribution in [2.24, 2.45) is 0 Å². The molecule has 5 nitrogen and oxygen atoms in total. The number of nitrogens with one attached hydrogen (secondary N) is 1. The Kier molecular flexibility index (Phi) is 4.92. The van der Waals surface area contributed by atoms with Gasteiger partial charge in [0.25, 0.3) is 5.91 Å². The summed E-state index contributed by atoms with van der Waals surface area (Å²) in [5, 5.41) is 7.62. The van der Waals surface area contributed by atoms with Gasteiger partial charge in [0, 0.05) is 5.92 Å². The van der Waals surface area contributed by atoms with Crippen LogP contribution in [0.3, 0.4) is 0 Å². The number of ether oxygens (including phenoxy) is 1. The first kappa shape index (κ1) is 17.3. The van der Waals surface area contributed by atoms with Gasteiger partial charge in [0.1, 0.15) is 18.1 Å². The fourth-order valence-electron chi connectivity index (χ4n) is 3.03. The van der Waals surface area contributed by atoms with E-state index in [-0.39, 0.29) is 5.91 Å². The van der Waals surface area contributed by atoms with Crippen LogP contribution in [0.4, 0.5) is 0 Å². The molecule has 1 aromatic heterocycles. The summed E-state index contributed by atoms with van der Waals surface area (Å²) in [5.41, 5.74) is 3.61. The van der Waals surface area contributed by atoms with Gasteiger partial charge in [-0.1, -0.05) is 30.3 Å². The zero-order valence-corrected chi connectivity index (χ0v) is 15.4. The van der Waals surface area contributed by atoms with Crippen molar-refractivity contribution in [3.05, 3.63) is 77.6 Å². The zero-order valence-electron chi connectivity index (χ0n) is 15.4. The Morgan fingerprint density at radius 1 is 1.15 bits per heavy atom. The summed E-state index contributed by atoms with van der Waals surface area (Å²) in [7, 11) is 0. The summed E-state index contributed by atoms with van der Waals surface area (Å²) in [6, 6.07) is 19.6. The second kappa shape index (κ2) is 7.66. The largest absolute Gasteiger partial charge is 0.492 e. The number of para-hydroxylation sites is 1. The van der Waals surface area contributed by atoms with Crippen LogP contribution >= 0.6 is 0 Å². The summed E-state index contributed by atoms with van der Waals surface area (Å²) < 4.78 is 7.44. The third kappa shape index (κ3) is 4.19. The van der Waals surface area contributed by atoms with Crippen molar-refractivity contribution in [3.8, 4) is 11.4 Å². The van der Waals surface area contributed by atoms with Crippen molar-refractivity contribution in [2.45, 2.75) is 25.7 Å². The maximum atomic E-state index is 12.7. The van der Waals surface area contributed by atoms with Gasteiger partial charge in [0.15, 0.2) is 0 Å². The van der Waals surface area contributed by atoms with Crippen LogP contribution in [0.25, 0.3) is 5.69 Å². The molecule has 4 rings (SSSR count). The number of aromatic nitrogens is 2. The summed E-state index contributed by atoms with van der Waals surface area (Å²) in [6.45, 7) is 2.88. The van der Waals surface area contributed by atoms with Crippen molar-refractivity contribution in [1.29, 1.82) is 0 Å². The molecule has 1 fully saturated rings. The van der Waals surface area contributed by atoms with E-state index >= 15 is 0 Å². The number of carbonyl (C=O) groups is 1. The van der Waals surface area contributed by atoms with Crippen LogP contribution in [-0.4, -0.2) is 28.8 Å². The second-order valence-electron chi connectivity index (χ2n) is 6.90. The molecule has 0 aliphatic heterocycles. The average Bonchev–Trinajstić information content (AvgIpc) is 3.44. The van der Waals surface area contributed by atoms with Gasteiger partial charge in [-0.15, -0.1) is 0 Å². The minimum atomic E-state index is -0.133. The van der Waals surface area contributed by atoms with E-state index in [2.05, 4.69) is 10.4 Å². The van der Waals surface area contributed by atoms with Gasteiger partial charge >= 0.3 is 0 Å². The topological polar surface area (TPSA) is 56.1 Å². The van der Waals surface area contributed by atoms with Crippen LogP contribution in [0.2, 0.25) is 0 Å². The van der Waals surface area contributed by atoms with Crippen LogP contribution in [0.5, 0.6) is 5.75 Å². The molecule has 1 aliphatic carbocycles. The van der Waals surface area contributed by atoms with Gasteiger partial charge in [0.05, 0.1) is 17.9 Å². The van der Waals surface area contributed by atoms with Crippen LogP contribution in [0.15, 0.2) is 60.7 Å². The normalized spacial score (nSPS) is 13.4. The molecule has 1 aliphatic rings. The molecule has 0 saturated heterocycles. The lowest BCUT2D eigenvalue weighted by Gasteiger charge is -2.10. The highest BCUT2D eigenvalue weighted by molar-refractivity contribution is 5.93. The SMILES string of the molecule is Cc1cccc(OCCNC(=O)c2cc(C3CC3)nn2-c2ccccc2)c1. The van der Waals surface area contributed by atoms with Gasteiger partial charge in [-0.25, -0.2) is 4.68 Å². The number of hydrogen-bond donors (Lipinski definition) is 1. The summed E-state index contributed by atoms with van der Waals surface area (Å²) >= 11 is 0. The lowest BCUT2D eigenvalue weighted by atomic mass is 10.2. The van der Waals surface area contributed by atoms with E-state index in [0.29, 0.717) is 24.8 Å². The molecule has 1 saturated carbocycles. The smallest absolute Gasteiger partial charge is 0.270 e. The molecule has 27 heavy (non-hydrogen) atoms. The molecular formula is C22H23N3O2. The minimum absolute atomic E-state index is 0.133. The van der Waals surface area contributed by atoms with Crippen molar-refractivity contribution in [2.75, 3.05) is 13.2 Å². The van der Waals surface area contributed by atoms with E-state index in [1.165, 1.54) is 0 Å². The first-order valence-electron chi connectivity index (χ1n) is 9.34. The Morgan fingerprint density at radius 3 is 2.70 bits per heavy atom. The molecular weight excluding hydrogens is 338 g/mol. The summed E-state index contributed by atoms with van der Waals surface area (Å²) in [5.74, 6) is 1.17. The van der Waals surface area contributed by atoms with E-state index in [0.717, 1.165) is 35.5 Å². The molecule has 0 unspecified atom stereocenters. The predicted molar refractivity (Wildman–Crippen MR) is 105 cm³/mol. The molecule has 0 atom stereocenters. The second-order valence-corrected chi connectivity index (χ2v) is 6.90. The van der Waals surface area contributed by atoms with E-state index in [4.69, 9.17) is 4.74 Å². The quantitative estimate of drug-likeness (QED) is 0.650. The first-order chi connectivity index (χ1) is 13.2. The lowest BCUT2D eigenvalue weighted by molar-refractivity contribution is 0.0939. The van der Waals surface area contributed by atoms with Crippen LogP contribution in [-0.2, 0) is 0 Å². The van der Waals surface area contributed by atoms with E-state index in [9.17, 15) is 4.79 Å². The fourth-order valence-corrected chi connectivity index (χ4v) is 3.03. The van der Waals surface area contributed by atoms with Gasteiger partial charge in [0.2, 0.25) is 0 Å². The highest BCUT2D eigenvalue weighted by Gasteiger charge is 2.28. The highest BCUT2D eigenvalue weighted by Crippen LogP contribution is 2.39. The van der Waals surface area contributed by atoms with E-state index < -0.39 is 0 Å². The number of aryl methyl sites for hydroxylation is 1. The third-order valence-corrected chi connectivity index (χ3v) is 4.60. The third-order valence-electron chi connectivity index (χ3n) is 4.60. The molecule has 0 radical (unpaired) electrons. The van der Waals surface area contributed by atoms with Crippen LogP contribution < -0.4 is 10.1 Å². The zero-order chi connectivity index (χ0) is 18.6. The molecule has 0 spiro atoms. The minimum Gasteiger partial charge on any atom is -0.492 e. The maximum Gasteiger partial charge on any atom is 0.270 e. The molecule has 3 aromatic rings.